The van der Waals surface area contributed by atoms with Crippen molar-refractivity contribution in [1.82, 2.24) is 4.98 Å². The predicted octanol–water partition coefficient (Wildman–Crippen LogP) is 3.17. The fraction of sp³-hybridized carbons (Fsp3) is 0.438. The maximum absolute atomic E-state index is 5.81. The molecule has 1 heterocycles. The first kappa shape index (κ1) is 14.6. The number of pyridine rings is 1. The Bertz CT molecular complexity index is 569. The van der Waals surface area contributed by atoms with Crippen molar-refractivity contribution >= 4 is 16.6 Å². The summed E-state index contributed by atoms with van der Waals surface area (Å²) >= 11 is 0. The Morgan fingerprint density at radius 3 is 2.80 bits per heavy atom. The standard InChI is InChI=1S/C16H23N3O/c1-11(17)6-7-12(2)19-15-10-14(20-3)9-13-5-4-8-18-16(13)15/h4-5,8-12,19H,6-7,17H2,1-3H3/t11?,12-/m0/s1. The molecule has 20 heavy (non-hydrogen) atoms. The van der Waals surface area contributed by atoms with Gasteiger partial charge in [0.15, 0.2) is 0 Å². The highest BCUT2D eigenvalue weighted by atomic mass is 16.5. The van der Waals surface area contributed by atoms with Gasteiger partial charge in [-0.1, -0.05) is 6.07 Å². The number of aromatic nitrogens is 1. The van der Waals surface area contributed by atoms with Gasteiger partial charge in [-0.2, -0.15) is 0 Å². The van der Waals surface area contributed by atoms with Crippen LogP contribution in [0.25, 0.3) is 10.9 Å². The summed E-state index contributed by atoms with van der Waals surface area (Å²) < 4.78 is 5.35. The highest BCUT2D eigenvalue weighted by Gasteiger charge is 2.09. The lowest BCUT2D eigenvalue weighted by atomic mass is 10.1. The largest absolute Gasteiger partial charge is 0.497 e. The number of nitrogens with zero attached hydrogens (tertiary/aromatic N) is 1. The topological polar surface area (TPSA) is 60.2 Å². The van der Waals surface area contributed by atoms with Crippen LogP contribution in [-0.2, 0) is 0 Å². The lowest BCUT2D eigenvalue weighted by Crippen LogP contribution is -2.21. The minimum Gasteiger partial charge on any atom is -0.497 e. The van der Waals surface area contributed by atoms with E-state index in [4.69, 9.17) is 10.5 Å². The Morgan fingerprint density at radius 1 is 1.30 bits per heavy atom. The molecule has 0 saturated heterocycles. The van der Waals surface area contributed by atoms with Crippen LogP contribution in [0.1, 0.15) is 26.7 Å². The van der Waals surface area contributed by atoms with Crippen LogP contribution in [0.2, 0.25) is 0 Å². The van der Waals surface area contributed by atoms with Crippen molar-refractivity contribution in [3.05, 3.63) is 30.5 Å². The fourth-order valence-corrected chi connectivity index (χ4v) is 2.24. The van der Waals surface area contributed by atoms with Crippen molar-refractivity contribution < 1.29 is 4.74 Å². The zero-order chi connectivity index (χ0) is 14.5. The highest BCUT2D eigenvalue weighted by molar-refractivity contribution is 5.91. The summed E-state index contributed by atoms with van der Waals surface area (Å²) in [5.41, 5.74) is 7.79. The van der Waals surface area contributed by atoms with Crippen molar-refractivity contribution in [3.63, 3.8) is 0 Å². The number of hydrogen-bond donors (Lipinski definition) is 2. The number of fused-ring (bicyclic) bond motifs is 1. The zero-order valence-electron chi connectivity index (χ0n) is 12.4. The molecule has 2 aromatic rings. The smallest absolute Gasteiger partial charge is 0.121 e. The van der Waals surface area contributed by atoms with E-state index in [9.17, 15) is 0 Å². The molecule has 1 unspecified atom stereocenters. The van der Waals surface area contributed by atoms with E-state index in [1.54, 1.807) is 7.11 Å². The molecule has 0 aliphatic carbocycles. The van der Waals surface area contributed by atoms with Crippen LogP contribution in [-0.4, -0.2) is 24.2 Å². The molecule has 0 spiro atoms. The quantitative estimate of drug-likeness (QED) is 0.848. The van der Waals surface area contributed by atoms with Gasteiger partial charge in [-0.25, -0.2) is 0 Å². The summed E-state index contributed by atoms with van der Waals surface area (Å²) in [6.45, 7) is 4.20. The molecule has 0 amide bonds. The predicted molar refractivity (Wildman–Crippen MR) is 84.3 cm³/mol. The van der Waals surface area contributed by atoms with E-state index in [0.29, 0.717) is 6.04 Å². The van der Waals surface area contributed by atoms with E-state index >= 15 is 0 Å². The van der Waals surface area contributed by atoms with Gasteiger partial charge in [-0.3, -0.25) is 4.98 Å². The Morgan fingerprint density at radius 2 is 2.10 bits per heavy atom. The second-order valence-corrected chi connectivity index (χ2v) is 5.35. The molecule has 0 fully saturated rings. The monoisotopic (exact) mass is 273 g/mol. The number of ether oxygens (including phenoxy) is 1. The molecule has 108 valence electrons. The first-order valence-electron chi connectivity index (χ1n) is 7.05. The van der Waals surface area contributed by atoms with E-state index in [1.165, 1.54) is 0 Å². The van der Waals surface area contributed by atoms with Gasteiger partial charge in [-0.15, -0.1) is 0 Å². The van der Waals surface area contributed by atoms with Gasteiger partial charge in [0.1, 0.15) is 5.75 Å². The third-order valence-electron chi connectivity index (χ3n) is 3.37. The molecular formula is C16H23N3O. The lowest BCUT2D eigenvalue weighted by molar-refractivity contribution is 0.415. The normalized spacial score (nSPS) is 14.0. The summed E-state index contributed by atoms with van der Waals surface area (Å²) in [4.78, 5) is 4.46. The van der Waals surface area contributed by atoms with E-state index in [2.05, 4.69) is 17.2 Å². The van der Waals surface area contributed by atoms with E-state index < -0.39 is 0 Å². The van der Waals surface area contributed by atoms with Crippen LogP contribution in [0.5, 0.6) is 5.75 Å². The number of methoxy groups -OCH3 is 1. The van der Waals surface area contributed by atoms with Crippen molar-refractivity contribution in [2.45, 2.75) is 38.8 Å². The Labute approximate surface area is 120 Å². The summed E-state index contributed by atoms with van der Waals surface area (Å²) in [5, 5.41) is 4.59. The summed E-state index contributed by atoms with van der Waals surface area (Å²) in [7, 11) is 1.68. The Balaban J connectivity index is 2.23. The van der Waals surface area contributed by atoms with E-state index in [1.807, 2.05) is 37.4 Å². The molecule has 4 heteroatoms. The molecule has 1 aromatic heterocycles. The number of nitrogens with one attached hydrogen (secondary N) is 1. The SMILES string of the molecule is COc1cc(N[C@@H](C)CCC(C)N)c2ncccc2c1. The Kier molecular flexibility index (Phi) is 4.79. The summed E-state index contributed by atoms with van der Waals surface area (Å²) in [6.07, 6.45) is 3.85. The minimum atomic E-state index is 0.236. The highest BCUT2D eigenvalue weighted by Crippen LogP contribution is 2.28. The van der Waals surface area contributed by atoms with Gasteiger partial charge in [0.25, 0.3) is 0 Å². The third kappa shape index (κ3) is 3.61. The van der Waals surface area contributed by atoms with E-state index in [-0.39, 0.29) is 6.04 Å². The van der Waals surface area contributed by atoms with Crippen LogP contribution in [0.3, 0.4) is 0 Å². The fourth-order valence-electron chi connectivity index (χ4n) is 2.24. The average molecular weight is 273 g/mol. The Hall–Kier alpha value is -1.81. The van der Waals surface area contributed by atoms with Gasteiger partial charge in [0.2, 0.25) is 0 Å². The maximum atomic E-state index is 5.81. The molecule has 1 aromatic carbocycles. The van der Waals surface area contributed by atoms with Crippen LogP contribution in [0, 0.1) is 0 Å². The molecular weight excluding hydrogens is 250 g/mol. The number of nitrogens with two attached hydrogens (primary N) is 1. The van der Waals surface area contributed by atoms with Crippen LogP contribution >= 0.6 is 0 Å². The number of rotatable bonds is 6. The first-order chi connectivity index (χ1) is 9.60. The molecule has 3 N–H and O–H groups in total. The first-order valence-corrected chi connectivity index (χ1v) is 7.05. The van der Waals surface area contributed by atoms with Gasteiger partial charge in [0, 0.05) is 29.7 Å². The number of benzene rings is 1. The van der Waals surface area contributed by atoms with Crippen molar-refractivity contribution in [1.29, 1.82) is 0 Å². The molecule has 0 aliphatic rings. The van der Waals surface area contributed by atoms with Gasteiger partial charge < -0.3 is 15.8 Å². The summed E-state index contributed by atoms with van der Waals surface area (Å²) in [6, 6.07) is 8.56. The molecule has 0 aliphatic heterocycles. The number of anilines is 1. The molecule has 0 bridgehead atoms. The molecule has 2 atom stereocenters. The van der Waals surface area contributed by atoms with Crippen LogP contribution in [0.15, 0.2) is 30.5 Å². The van der Waals surface area contributed by atoms with Crippen molar-refractivity contribution in [2.24, 2.45) is 5.73 Å². The molecule has 2 rings (SSSR count). The van der Waals surface area contributed by atoms with E-state index in [0.717, 1.165) is 35.2 Å². The van der Waals surface area contributed by atoms with Crippen molar-refractivity contribution in [2.75, 3.05) is 12.4 Å². The molecule has 4 nitrogen and oxygen atoms in total. The molecule has 0 radical (unpaired) electrons. The van der Waals surface area contributed by atoms with Crippen LogP contribution < -0.4 is 15.8 Å². The van der Waals surface area contributed by atoms with Gasteiger partial charge in [-0.05, 0) is 38.8 Å². The maximum Gasteiger partial charge on any atom is 0.121 e. The van der Waals surface area contributed by atoms with Crippen LogP contribution in [0.4, 0.5) is 5.69 Å². The van der Waals surface area contributed by atoms with Crippen molar-refractivity contribution in [3.8, 4) is 5.75 Å². The van der Waals surface area contributed by atoms with Gasteiger partial charge in [0.05, 0.1) is 18.3 Å². The second-order valence-electron chi connectivity index (χ2n) is 5.35. The van der Waals surface area contributed by atoms with Gasteiger partial charge >= 0.3 is 0 Å². The lowest BCUT2D eigenvalue weighted by Gasteiger charge is -2.18. The zero-order valence-corrected chi connectivity index (χ0v) is 12.4. The summed E-state index contributed by atoms with van der Waals surface area (Å²) in [5.74, 6) is 0.840. The molecule has 0 saturated carbocycles. The second kappa shape index (κ2) is 6.57. The minimum absolute atomic E-state index is 0.236. The number of hydrogen-bond acceptors (Lipinski definition) is 4. The average Bonchev–Trinajstić information content (AvgIpc) is 2.45. The third-order valence-corrected chi connectivity index (χ3v) is 3.37.